The largest absolute Gasteiger partial charge is 0.393 e. The van der Waals surface area contributed by atoms with Crippen molar-refractivity contribution in [2.75, 3.05) is 13.1 Å². The number of Topliss-reactive ketones (excluding diaryl/α,β-unsaturated/α-hetero) is 1. The number of carbonyl (C=O) groups excluding carboxylic acids is 3. The number of alkyl halides is 1. The van der Waals surface area contributed by atoms with Crippen LogP contribution >= 0.6 is 0 Å². The molecular formula is C27H36FNO4. The topological polar surface area (TPSA) is 74.7 Å². The molecule has 5 rings (SSSR count). The maximum absolute atomic E-state index is 15.5. The smallest absolute Gasteiger partial charge is 0.290 e. The number of halogens is 1. The Morgan fingerprint density at radius 3 is 2.55 bits per heavy atom. The molecule has 33 heavy (non-hydrogen) atoms. The van der Waals surface area contributed by atoms with Crippen LogP contribution in [-0.4, -0.2) is 52.8 Å². The average Bonchev–Trinajstić information content (AvgIpc) is 3.04. The van der Waals surface area contributed by atoms with Gasteiger partial charge in [0.05, 0.1) is 6.10 Å². The van der Waals surface area contributed by atoms with Crippen LogP contribution in [0.25, 0.3) is 0 Å². The number of amides is 1. The van der Waals surface area contributed by atoms with E-state index in [4.69, 9.17) is 0 Å². The van der Waals surface area contributed by atoms with Crippen molar-refractivity contribution in [1.29, 1.82) is 0 Å². The number of fused-ring (bicyclic) bond motifs is 5. The first kappa shape index (κ1) is 22.9. The summed E-state index contributed by atoms with van der Waals surface area (Å²) in [6.07, 6.45) is 7.16. The normalized spacial score (nSPS) is 46.8. The molecule has 1 amide bonds. The molecular weight excluding hydrogens is 421 g/mol. The summed E-state index contributed by atoms with van der Waals surface area (Å²) in [5.41, 5.74) is -0.752. The molecule has 0 aromatic heterocycles. The number of aliphatic hydroxyl groups excluding tert-OH is 1. The van der Waals surface area contributed by atoms with Gasteiger partial charge in [0.15, 0.2) is 5.78 Å². The molecule has 4 fully saturated rings. The second-order valence-corrected chi connectivity index (χ2v) is 11.8. The van der Waals surface area contributed by atoms with Crippen LogP contribution < -0.4 is 0 Å². The summed E-state index contributed by atoms with van der Waals surface area (Å²) < 4.78 is 15.5. The predicted octanol–water partition coefficient (Wildman–Crippen LogP) is 3.66. The van der Waals surface area contributed by atoms with Gasteiger partial charge in [0.25, 0.3) is 5.91 Å². The van der Waals surface area contributed by atoms with Gasteiger partial charge in [-0.3, -0.25) is 14.4 Å². The minimum Gasteiger partial charge on any atom is -0.393 e. The van der Waals surface area contributed by atoms with Gasteiger partial charge in [-0.1, -0.05) is 26.8 Å². The Labute approximate surface area is 195 Å². The zero-order chi connectivity index (χ0) is 23.7. The van der Waals surface area contributed by atoms with Gasteiger partial charge < -0.3 is 10.0 Å². The zero-order valence-corrected chi connectivity index (χ0v) is 19.9. The molecule has 3 saturated carbocycles. The van der Waals surface area contributed by atoms with Gasteiger partial charge in [-0.2, -0.15) is 0 Å². The van der Waals surface area contributed by atoms with E-state index < -0.39 is 29.0 Å². The number of allylic oxidation sites excluding steroid dienone is 4. The van der Waals surface area contributed by atoms with Crippen molar-refractivity contribution < 1.29 is 23.9 Å². The molecule has 0 bridgehead atoms. The third kappa shape index (κ3) is 3.30. The summed E-state index contributed by atoms with van der Waals surface area (Å²) in [6, 6.07) is 0. The lowest BCUT2D eigenvalue weighted by Gasteiger charge is -2.59. The molecule has 0 spiro atoms. The molecule has 1 aliphatic heterocycles. The lowest BCUT2D eigenvalue weighted by atomic mass is 9.46. The van der Waals surface area contributed by atoms with Crippen molar-refractivity contribution in [1.82, 2.24) is 4.90 Å². The summed E-state index contributed by atoms with van der Waals surface area (Å²) >= 11 is 0. The van der Waals surface area contributed by atoms with Crippen molar-refractivity contribution in [2.24, 2.45) is 40.4 Å². The van der Waals surface area contributed by atoms with Crippen LogP contribution in [-0.2, 0) is 14.4 Å². The number of hydrogen-bond acceptors (Lipinski definition) is 4. The fraction of sp³-hybridized carbons (Fsp3) is 0.741. The molecule has 180 valence electrons. The van der Waals surface area contributed by atoms with Gasteiger partial charge in [-0.05, 0) is 79.4 Å². The molecule has 0 aromatic rings. The summed E-state index contributed by atoms with van der Waals surface area (Å²) in [4.78, 5) is 40.4. The van der Waals surface area contributed by atoms with E-state index in [2.05, 4.69) is 0 Å². The number of rotatable bonds is 2. The molecule has 6 heteroatoms. The lowest BCUT2D eigenvalue weighted by Crippen LogP contribution is -2.59. The van der Waals surface area contributed by atoms with E-state index >= 15 is 4.39 Å². The van der Waals surface area contributed by atoms with E-state index in [1.165, 1.54) is 12.2 Å². The molecule has 5 nitrogen and oxygen atoms in total. The van der Waals surface area contributed by atoms with Crippen molar-refractivity contribution in [3.8, 4) is 0 Å². The molecule has 1 heterocycles. The number of piperidine rings is 1. The highest BCUT2D eigenvalue weighted by atomic mass is 19.1. The number of aliphatic hydroxyl groups is 1. The molecule has 1 saturated heterocycles. The minimum absolute atomic E-state index is 0.0125. The Bertz CT molecular complexity index is 936. The second kappa shape index (κ2) is 7.86. The summed E-state index contributed by atoms with van der Waals surface area (Å²) in [5, 5.41) is 11.5. The number of nitrogens with zero attached hydrogens (tertiary/aromatic N) is 1. The van der Waals surface area contributed by atoms with E-state index in [1.54, 1.807) is 11.0 Å². The number of hydrogen-bond donors (Lipinski definition) is 1. The highest BCUT2D eigenvalue weighted by Gasteiger charge is 2.66. The first-order chi connectivity index (χ1) is 15.6. The first-order valence-electron chi connectivity index (χ1n) is 12.7. The number of ketones is 2. The van der Waals surface area contributed by atoms with Crippen molar-refractivity contribution in [3.63, 3.8) is 0 Å². The lowest BCUT2D eigenvalue weighted by molar-refractivity contribution is -0.156. The van der Waals surface area contributed by atoms with Gasteiger partial charge in [0.1, 0.15) is 6.17 Å². The number of likely N-dealkylation sites (tertiary alicyclic amines) is 1. The van der Waals surface area contributed by atoms with Gasteiger partial charge in [-0.15, -0.1) is 0 Å². The van der Waals surface area contributed by atoms with E-state index in [0.29, 0.717) is 25.1 Å². The van der Waals surface area contributed by atoms with Crippen LogP contribution in [0.3, 0.4) is 0 Å². The molecule has 9 atom stereocenters. The summed E-state index contributed by atoms with van der Waals surface area (Å²) in [5.74, 6) is -1.55. The Balaban J connectivity index is 1.47. The quantitative estimate of drug-likeness (QED) is 0.643. The van der Waals surface area contributed by atoms with E-state index in [-0.39, 0.29) is 47.6 Å². The Kier molecular flexibility index (Phi) is 5.47. The van der Waals surface area contributed by atoms with E-state index in [9.17, 15) is 19.5 Å². The fourth-order valence-corrected chi connectivity index (χ4v) is 8.65. The third-order valence-electron chi connectivity index (χ3n) is 9.95. The highest BCUT2D eigenvalue weighted by molar-refractivity contribution is 6.37. The van der Waals surface area contributed by atoms with Crippen molar-refractivity contribution >= 4 is 17.5 Å². The van der Waals surface area contributed by atoms with Crippen LogP contribution in [0.15, 0.2) is 23.8 Å². The summed E-state index contributed by atoms with van der Waals surface area (Å²) in [7, 11) is 0. The van der Waals surface area contributed by atoms with Crippen molar-refractivity contribution in [3.05, 3.63) is 23.8 Å². The van der Waals surface area contributed by atoms with E-state index in [0.717, 1.165) is 25.7 Å². The van der Waals surface area contributed by atoms with Gasteiger partial charge in [0.2, 0.25) is 5.78 Å². The molecule has 1 N–H and O–H groups in total. The predicted molar refractivity (Wildman–Crippen MR) is 122 cm³/mol. The average molecular weight is 458 g/mol. The van der Waals surface area contributed by atoms with Gasteiger partial charge in [0, 0.05) is 30.3 Å². The number of carbonyl (C=O) groups is 3. The molecule has 5 aliphatic rings. The molecule has 0 aromatic carbocycles. The Morgan fingerprint density at radius 2 is 1.85 bits per heavy atom. The van der Waals surface area contributed by atoms with Crippen molar-refractivity contribution in [2.45, 2.75) is 71.6 Å². The third-order valence-corrected chi connectivity index (χ3v) is 9.95. The Morgan fingerprint density at radius 1 is 1.15 bits per heavy atom. The van der Waals surface area contributed by atoms with Crippen LogP contribution in [0, 0.1) is 40.4 Å². The van der Waals surface area contributed by atoms with Crippen LogP contribution in [0.4, 0.5) is 4.39 Å². The summed E-state index contributed by atoms with van der Waals surface area (Å²) in [6.45, 7) is 7.31. The van der Waals surface area contributed by atoms with Crippen LogP contribution in [0.2, 0.25) is 0 Å². The molecule has 0 radical (unpaired) electrons. The zero-order valence-electron chi connectivity index (χ0n) is 19.9. The standard InChI is InChI=1S/C27H36FNO4/c1-15-11-18-17-13-20(28)19-12-16(30)7-8-26(19,2)23(17)21(31)14-27(18,3)22(15)24(32)25(33)29-9-5-4-6-10-29/h7-8,12,15,17-18,20-23,31H,4-6,9-11,13-14H2,1-3H3/t15-,17+,18+,20+,21+,22-,23-,26+,27+/m1/s1. The maximum Gasteiger partial charge on any atom is 0.290 e. The molecule has 4 aliphatic carbocycles. The Hall–Kier alpha value is -1.82. The SMILES string of the molecule is C[C@@H]1C[C@H]2[C@@H]3C[C@H](F)C4=CC(=O)C=C[C@]4(C)[C@H]3[C@@H](O)C[C@]2(C)[C@H]1C(=O)C(=O)N1CCCCC1. The van der Waals surface area contributed by atoms with E-state index in [1.807, 2.05) is 20.8 Å². The second-order valence-electron chi connectivity index (χ2n) is 11.8. The molecule has 0 unspecified atom stereocenters. The monoisotopic (exact) mass is 457 g/mol. The maximum atomic E-state index is 15.5. The highest BCUT2D eigenvalue weighted by Crippen LogP contribution is 2.67. The van der Waals surface area contributed by atoms with Gasteiger partial charge in [-0.25, -0.2) is 4.39 Å². The van der Waals surface area contributed by atoms with Crippen LogP contribution in [0.5, 0.6) is 0 Å². The fourth-order valence-electron chi connectivity index (χ4n) is 8.65. The van der Waals surface area contributed by atoms with Crippen LogP contribution in [0.1, 0.15) is 59.3 Å². The van der Waals surface area contributed by atoms with Gasteiger partial charge >= 0.3 is 0 Å². The first-order valence-corrected chi connectivity index (χ1v) is 12.7. The minimum atomic E-state index is -1.24.